The van der Waals surface area contributed by atoms with E-state index < -0.39 is 0 Å². The van der Waals surface area contributed by atoms with Crippen molar-refractivity contribution >= 4 is 85.4 Å². The van der Waals surface area contributed by atoms with Gasteiger partial charge in [0.25, 0.3) is 0 Å². The number of hydrogen-bond donors (Lipinski definition) is 0. The van der Waals surface area contributed by atoms with Crippen LogP contribution < -0.4 is 0 Å². The Morgan fingerprint density at radius 3 is 1.45 bits per heavy atom. The predicted octanol–water partition coefficient (Wildman–Crippen LogP) is 18.0. The second kappa shape index (κ2) is 15.9. The first-order valence-corrected chi connectivity index (χ1v) is 24.2. The SMILES string of the molecule is c1ccc(-c2cccc3c(-c4nc(-c5cccc6cc(-c7ccc8ccc9ccccc9c8c7)ccc56)nc(-c5ccc(-c6ccc7c(c6)sc6ccccc67)c6ccccc56)n4)cccc23)cc1. The summed E-state index contributed by atoms with van der Waals surface area (Å²) >= 11 is 1.85. The Balaban J connectivity index is 0.952. The summed E-state index contributed by atoms with van der Waals surface area (Å²) in [7, 11) is 0. The molecule has 0 fully saturated rings. The second-order valence-corrected chi connectivity index (χ2v) is 18.9. The minimum Gasteiger partial charge on any atom is -0.208 e. The van der Waals surface area contributed by atoms with Gasteiger partial charge in [-0.25, -0.2) is 15.0 Å². The Morgan fingerprint density at radius 1 is 0.217 bits per heavy atom. The fraction of sp³-hybridized carbons (Fsp3) is 0. The maximum atomic E-state index is 5.44. The average molecular weight is 894 g/mol. The lowest BCUT2D eigenvalue weighted by Gasteiger charge is -2.15. The number of hydrogen-bond acceptors (Lipinski definition) is 4. The van der Waals surface area contributed by atoms with Crippen molar-refractivity contribution in [1.29, 1.82) is 0 Å². The normalized spacial score (nSPS) is 11.8. The van der Waals surface area contributed by atoms with Crippen LogP contribution in [0.1, 0.15) is 0 Å². The van der Waals surface area contributed by atoms with Gasteiger partial charge in [-0.15, -0.1) is 11.3 Å². The van der Waals surface area contributed by atoms with Gasteiger partial charge in [-0.1, -0.05) is 206 Å². The maximum absolute atomic E-state index is 5.44. The molecule has 69 heavy (non-hydrogen) atoms. The number of benzene rings is 12. The summed E-state index contributed by atoms with van der Waals surface area (Å²) in [5.41, 5.74) is 9.91. The molecule has 0 saturated heterocycles. The van der Waals surface area contributed by atoms with E-state index in [1.54, 1.807) is 0 Å². The molecule has 3 nitrogen and oxygen atoms in total. The third kappa shape index (κ3) is 6.60. The summed E-state index contributed by atoms with van der Waals surface area (Å²) in [6, 6.07) is 85.4. The van der Waals surface area contributed by atoms with Crippen LogP contribution in [0.3, 0.4) is 0 Å². The quantitative estimate of drug-likeness (QED) is 0.156. The van der Waals surface area contributed by atoms with Crippen molar-refractivity contribution in [3.63, 3.8) is 0 Å². The van der Waals surface area contributed by atoms with Gasteiger partial charge in [0.2, 0.25) is 0 Å². The maximum Gasteiger partial charge on any atom is 0.164 e. The number of aromatic nitrogens is 3. The van der Waals surface area contributed by atoms with E-state index in [0.717, 1.165) is 54.6 Å². The summed E-state index contributed by atoms with van der Waals surface area (Å²) in [6.07, 6.45) is 0. The fourth-order valence-electron chi connectivity index (χ4n) is 10.6. The van der Waals surface area contributed by atoms with Crippen molar-refractivity contribution in [1.82, 2.24) is 15.0 Å². The first-order valence-electron chi connectivity index (χ1n) is 23.4. The zero-order valence-corrected chi connectivity index (χ0v) is 38.1. The molecule has 0 aliphatic carbocycles. The number of fused-ring (bicyclic) bond motifs is 9. The first kappa shape index (κ1) is 39.3. The van der Waals surface area contributed by atoms with Crippen LogP contribution in [0.4, 0.5) is 0 Å². The Labute approximate surface area is 402 Å². The van der Waals surface area contributed by atoms with Crippen molar-refractivity contribution in [3.05, 3.63) is 237 Å². The molecule has 0 aliphatic heterocycles. The van der Waals surface area contributed by atoms with Crippen molar-refractivity contribution in [2.45, 2.75) is 0 Å². The third-order valence-corrected chi connectivity index (χ3v) is 15.1. The van der Waals surface area contributed by atoms with Gasteiger partial charge >= 0.3 is 0 Å². The molecular weight excluding hydrogens is 855 g/mol. The lowest BCUT2D eigenvalue weighted by molar-refractivity contribution is 1.08. The Hall–Kier alpha value is -8.83. The van der Waals surface area contributed by atoms with Crippen molar-refractivity contribution in [2.75, 3.05) is 0 Å². The average Bonchev–Trinajstić information content (AvgIpc) is 3.80. The Morgan fingerprint density at radius 2 is 0.681 bits per heavy atom. The molecule has 0 amide bonds. The van der Waals surface area contributed by atoms with Crippen LogP contribution in [0.25, 0.3) is 142 Å². The number of nitrogens with zero attached hydrogens (tertiary/aromatic N) is 3. The predicted molar refractivity (Wildman–Crippen MR) is 293 cm³/mol. The standard InChI is InChI=1S/C65H39N3S/c1-2-13-40(14-3-1)47-21-11-23-54-52(47)22-12-25-58(54)64-66-63(57-24-10-16-45-37-43(31-33-50(45)57)44-30-29-42-28-27-41-15-4-5-17-48(41)60(42)38-44)67-65(68-64)59-36-35-49(51-18-6-7-19-53(51)59)46-32-34-56-55-20-8-9-26-61(55)69-62(56)39-46/h1-39H. The highest BCUT2D eigenvalue weighted by Crippen LogP contribution is 2.42. The van der Waals surface area contributed by atoms with Crippen molar-refractivity contribution in [2.24, 2.45) is 0 Å². The minimum absolute atomic E-state index is 0.630. The zero-order valence-electron chi connectivity index (χ0n) is 37.3. The van der Waals surface area contributed by atoms with Gasteiger partial charge in [-0.05, 0) is 118 Å². The molecule has 0 unspecified atom stereocenters. The fourth-order valence-corrected chi connectivity index (χ4v) is 11.7. The lowest BCUT2D eigenvalue weighted by Crippen LogP contribution is -2.01. The molecule has 2 heterocycles. The molecule has 0 aliphatic rings. The summed E-state index contributed by atoms with van der Waals surface area (Å²) < 4.78 is 2.59. The van der Waals surface area contributed by atoms with Gasteiger partial charge in [0.15, 0.2) is 17.5 Å². The van der Waals surface area contributed by atoms with Gasteiger partial charge in [0.1, 0.15) is 0 Å². The summed E-state index contributed by atoms with van der Waals surface area (Å²) in [4.78, 5) is 16.3. The summed E-state index contributed by atoms with van der Waals surface area (Å²) in [6.45, 7) is 0. The van der Waals surface area contributed by atoms with E-state index in [4.69, 9.17) is 15.0 Å². The van der Waals surface area contributed by atoms with Gasteiger partial charge in [0.05, 0.1) is 0 Å². The molecule has 12 aromatic carbocycles. The lowest BCUT2D eigenvalue weighted by atomic mass is 9.94. The zero-order chi connectivity index (χ0) is 45.4. The van der Waals surface area contributed by atoms with E-state index in [0.29, 0.717) is 17.5 Å². The van der Waals surface area contributed by atoms with E-state index >= 15 is 0 Å². The van der Waals surface area contributed by atoms with Crippen molar-refractivity contribution < 1.29 is 0 Å². The second-order valence-electron chi connectivity index (χ2n) is 17.9. The van der Waals surface area contributed by atoms with Crippen LogP contribution in [0.5, 0.6) is 0 Å². The summed E-state index contributed by atoms with van der Waals surface area (Å²) in [5, 5.41) is 14.3. The molecule has 14 aromatic rings. The van der Waals surface area contributed by atoms with Crippen LogP contribution in [0.2, 0.25) is 0 Å². The van der Waals surface area contributed by atoms with Crippen molar-refractivity contribution in [3.8, 4) is 67.5 Å². The molecule has 320 valence electrons. The van der Waals surface area contributed by atoms with E-state index in [2.05, 4.69) is 237 Å². The Bertz CT molecular complexity index is 4380. The van der Waals surface area contributed by atoms with Crippen LogP contribution in [0, 0.1) is 0 Å². The van der Waals surface area contributed by atoms with Crippen LogP contribution >= 0.6 is 11.3 Å². The van der Waals surface area contributed by atoms with Crippen LogP contribution in [-0.2, 0) is 0 Å². The largest absolute Gasteiger partial charge is 0.208 e. The molecule has 0 bridgehead atoms. The molecule has 2 aromatic heterocycles. The molecular formula is C65H39N3S. The first-order chi connectivity index (χ1) is 34.2. The highest BCUT2D eigenvalue weighted by molar-refractivity contribution is 7.25. The number of thiophene rings is 1. The van der Waals surface area contributed by atoms with E-state index in [9.17, 15) is 0 Å². The topological polar surface area (TPSA) is 38.7 Å². The Kier molecular flexibility index (Phi) is 9.07. The van der Waals surface area contributed by atoms with Gasteiger partial charge < -0.3 is 0 Å². The minimum atomic E-state index is 0.630. The van der Waals surface area contributed by atoms with Gasteiger partial charge in [-0.2, -0.15) is 0 Å². The van der Waals surface area contributed by atoms with E-state index in [-0.39, 0.29) is 0 Å². The van der Waals surface area contributed by atoms with Gasteiger partial charge in [0, 0.05) is 36.9 Å². The van der Waals surface area contributed by atoms with Crippen LogP contribution in [0.15, 0.2) is 237 Å². The highest BCUT2D eigenvalue weighted by Gasteiger charge is 2.20. The number of rotatable bonds is 6. The molecule has 4 heteroatoms. The van der Waals surface area contributed by atoms with Gasteiger partial charge in [-0.3, -0.25) is 0 Å². The molecule has 0 spiro atoms. The smallest absolute Gasteiger partial charge is 0.164 e. The third-order valence-electron chi connectivity index (χ3n) is 13.9. The molecule has 14 rings (SSSR count). The van der Waals surface area contributed by atoms with E-state index in [1.165, 1.54) is 69.5 Å². The monoisotopic (exact) mass is 893 g/mol. The molecule has 0 saturated carbocycles. The van der Waals surface area contributed by atoms with Crippen LogP contribution in [-0.4, -0.2) is 15.0 Å². The molecule has 0 radical (unpaired) electrons. The van der Waals surface area contributed by atoms with E-state index in [1.807, 2.05) is 11.3 Å². The molecule has 0 atom stereocenters. The highest BCUT2D eigenvalue weighted by atomic mass is 32.1. The molecule has 0 N–H and O–H groups in total. The summed E-state index contributed by atoms with van der Waals surface area (Å²) in [5.74, 6) is 1.89.